The molecule has 2 heterocycles. The van der Waals surface area contributed by atoms with Crippen molar-refractivity contribution in [3.8, 4) is 0 Å². The van der Waals surface area contributed by atoms with Crippen molar-refractivity contribution < 1.29 is 13.2 Å². The second kappa shape index (κ2) is 3.56. The summed E-state index contributed by atoms with van der Waals surface area (Å²) >= 11 is 2.59. The number of sulfonamides is 1. The van der Waals surface area contributed by atoms with Crippen LogP contribution in [0.5, 0.6) is 0 Å². The highest BCUT2D eigenvalue weighted by molar-refractivity contribution is 8.01. The van der Waals surface area contributed by atoms with Crippen LogP contribution < -0.4 is 5.14 Å². The number of ketones is 1. The molecule has 0 amide bonds. The number of thioether (sulfide) groups is 1. The Hall–Kier alpha value is -0.370. The molecular weight excluding hydrogens is 266 g/mol. The molecule has 0 aliphatic carbocycles. The van der Waals surface area contributed by atoms with E-state index in [-0.39, 0.29) is 9.99 Å². The standard InChI is InChI=1S/C9H11NO3S3/c1-9(2)4-14-8-5(7(9)11)3-6(15-8)16(10,12)13/h3H,4H2,1-2H3,(H2,10,12,13). The van der Waals surface area contributed by atoms with Gasteiger partial charge < -0.3 is 0 Å². The third-order valence-electron chi connectivity index (χ3n) is 2.38. The van der Waals surface area contributed by atoms with E-state index in [0.29, 0.717) is 11.3 Å². The average molecular weight is 277 g/mol. The Morgan fingerprint density at radius 3 is 2.62 bits per heavy atom. The quantitative estimate of drug-likeness (QED) is 0.847. The molecular formula is C9H11NO3S3. The predicted octanol–water partition coefficient (Wildman–Crippen LogP) is 1.71. The maximum absolute atomic E-state index is 12.0. The minimum absolute atomic E-state index is 0.00704. The lowest BCUT2D eigenvalue weighted by atomic mass is 9.87. The summed E-state index contributed by atoms with van der Waals surface area (Å²) in [4.78, 5) is 12.0. The molecule has 0 saturated carbocycles. The van der Waals surface area contributed by atoms with Crippen molar-refractivity contribution in [1.82, 2.24) is 0 Å². The number of rotatable bonds is 1. The first-order valence-corrected chi connectivity index (χ1v) is 7.91. The van der Waals surface area contributed by atoms with Crippen molar-refractivity contribution in [2.24, 2.45) is 10.6 Å². The maximum atomic E-state index is 12.0. The molecule has 0 radical (unpaired) electrons. The van der Waals surface area contributed by atoms with E-state index in [1.165, 1.54) is 17.8 Å². The van der Waals surface area contributed by atoms with Gasteiger partial charge in [-0.3, -0.25) is 4.79 Å². The van der Waals surface area contributed by atoms with Crippen LogP contribution in [0.15, 0.2) is 14.5 Å². The Labute approximate surface area is 102 Å². The molecule has 0 bridgehead atoms. The van der Waals surface area contributed by atoms with Gasteiger partial charge in [0.1, 0.15) is 4.21 Å². The molecule has 0 spiro atoms. The fraction of sp³-hybridized carbons (Fsp3) is 0.444. The number of carbonyl (C=O) groups is 1. The second-order valence-electron chi connectivity index (χ2n) is 4.31. The van der Waals surface area contributed by atoms with Crippen LogP contribution >= 0.6 is 23.1 Å². The first kappa shape index (κ1) is 12.1. The molecule has 0 fully saturated rings. The Kier molecular flexibility index (Phi) is 2.69. The number of fused-ring (bicyclic) bond motifs is 1. The minimum Gasteiger partial charge on any atom is -0.293 e. The van der Waals surface area contributed by atoms with Gasteiger partial charge in [0.15, 0.2) is 5.78 Å². The van der Waals surface area contributed by atoms with Gasteiger partial charge in [0.05, 0.1) is 4.21 Å². The van der Waals surface area contributed by atoms with Gasteiger partial charge in [-0.2, -0.15) is 0 Å². The number of Topliss-reactive ketones (excluding diaryl/α,β-unsaturated/α-hetero) is 1. The van der Waals surface area contributed by atoms with Crippen LogP contribution in [0.3, 0.4) is 0 Å². The van der Waals surface area contributed by atoms with Crippen molar-refractivity contribution >= 4 is 38.9 Å². The zero-order chi connectivity index (χ0) is 12.1. The zero-order valence-electron chi connectivity index (χ0n) is 8.81. The van der Waals surface area contributed by atoms with Crippen LogP contribution in [-0.4, -0.2) is 20.0 Å². The normalized spacial score (nSPS) is 19.6. The first-order valence-electron chi connectivity index (χ1n) is 4.56. The molecule has 2 N–H and O–H groups in total. The summed E-state index contributed by atoms with van der Waals surface area (Å²) in [5.41, 5.74) is 0.0595. The van der Waals surface area contributed by atoms with E-state index < -0.39 is 15.4 Å². The Morgan fingerprint density at radius 1 is 1.44 bits per heavy atom. The lowest BCUT2D eigenvalue weighted by molar-refractivity contribution is 0.0857. The fourth-order valence-corrected chi connectivity index (χ4v) is 4.82. The largest absolute Gasteiger partial charge is 0.293 e. The minimum atomic E-state index is -3.70. The Bertz CT molecular complexity index is 557. The highest BCUT2D eigenvalue weighted by Crippen LogP contribution is 2.44. The lowest BCUT2D eigenvalue weighted by Gasteiger charge is -2.26. The van der Waals surface area contributed by atoms with Crippen molar-refractivity contribution in [2.75, 3.05) is 5.75 Å². The van der Waals surface area contributed by atoms with Gasteiger partial charge in [0.2, 0.25) is 10.0 Å². The number of hydrogen-bond donors (Lipinski definition) is 1. The van der Waals surface area contributed by atoms with E-state index in [1.807, 2.05) is 13.8 Å². The molecule has 16 heavy (non-hydrogen) atoms. The van der Waals surface area contributed by atoms with E-state index in [2.05, 4.69) is 0 Å². The van der Waals surface area contributed by atoms with Gasteiger partial charge in [0.25, 0.3) is 0 Å². The average Bonchev–Trinajstić information content (AvgIpc) is 2.55. The van der Waals surface area contributed by atoms with Gasteiger partial charge in [-0.05, 0) is 6.07 Å². The van der Waals surface area contributed by atoms with Crippen molar-refractivity contribution in [2.45, 2.75) is 22.3 Å². The van der Waals surface area contributed by atoms with Crippen LogP contribution in [0.25, 0.3) is 0 Å². The lowest BCUT2D eigenvalue weighted by Crippen LogP contribution is -2.29. The molecule has 1 aromatic rings. The maximum Gasteiger partial charge on any atom is 0.247 e. The van der Waals surface area contributed by atoms with Crippen molar-refractivity contribution in [3.05, 3.63) is 11.6 Å². The van der Waals surface area contributed by atoms with E-state index in [0.717, 1.165) is 15.5 Å². The van der Waals surface area contributed by atoms with Gasteiger partial charge in [0, 0.05) is 16.7 Å². The van der Waals surface area contributed by atoms with E-state index in [4.69, 9.17) is 5.14 Å². The first-order chi connectivity index (χ1) is 7.22. The van der Waals surface area contributed by atoms with Gasteiger partial charge >= 0.3 is 0 Å². The van der Waals surface area contributed by atoms with Crippen molar-refractivity contribution in [3.63, 3.8) is 0 Å². The second-order valence-corrected chi connectivity index (χ2v) is 8.40. The Balaban J connectivity index is 2.56. The molecule has 1 aliphatic rings. The number of hydrogen-bond acceptors (Lipinski definition) is 5. The zero-order valence-corrected chi connectivity index (χ0v) is 11.3. The van der Waals surface area contributed by atoms with Crippen LogP contribution in [-0.2, 0) is 10.0 Å². The Morgan fingerprint density at radius 2 is 2.06 bits per heavy atom. The van der Waals surface area contributed by atoms with Crippen LogP contribution in [0, 0.1) is 5.41 Å². The fourth-order valence-electron chi connectivity index (χ4n) is 1.43. The summed E-state index contributed by atoms with van der Waals surface area (Å²) in [6.07, 6.45) is 0. The van der Waals surface area contributed by atoms with Crippen LogP contribution in [0.4, 0.5) is 0 Å². The molecule has 2 rings (SSSR count). The van der Waals surface area contributed by atoms with E-state index in [1.54, 1.807) is 0 Å². The SMILES string of the molecule is CC1(C)CSc2sc(S(N)(=O)=O)cc2C1=O. The third-order valence-corrected chi connectivity index (χ3v) is 6.68. The third kappa shape index (κ3) is 1.92. The van der Waals surface area contributed by atoms with Crippen molar-refractivity contribution in [1.29, 1.82) is 0 Å². The van der Waals surface area contributed by atoms with Gasteiger partial charge in [-0.25, -0.2) is 13.6 Å². The summed E-state index contributed by atoms with van der Waals surface area (Å²) < 4.78 is 23.2. The number of thiophene rings is 1. The number of nitrogens with two attached hydrogens (primary N) is 1. The summed E-state index contributed by atoms with van der Waals surface area (Å²) in [6.45, 7) is 3.72. The molecule has 1 aromatic heterocycles. The molecule has 7 heteroatoms. The van der Waals surface area contributed by atoms with E-state index in [9.17, 15) is 13.2 Å². The molecule has 0 unspecified atom stereocenters. The van der Waals surface area contributed by atoms with E-state index >= 15 is 0 Å². The van der Waals surface area contributed by atoms with Crippen LogP contribution in [0.1, 0.15) is 24.2 Å². The molecule has 0 aromatic carbocycles. The molecule has 1 aliphatic heterocycles. The predicted molar refractivity (Wildman–Crippen MR) is 64.5 cm³/mol. The highest BCUT2D eigenvalue weighted by Gasteiger charge is 2.37. The molecule has 0 saturated heterocycles. The summed E-state index contributed by atoms with van der Waals surface area (Å²) in [5.74, 6) is 0.663. The summed E-state index contributed by atoms with van der Waals surface area (Å²) in [5, 5.41) is 5.04. The number of carbonyl (C=O) groups excluding carboxylic acids is 1. The monoisotopic (exact) mass is 277 g/mol. The highest BCUT2D eigenvalue weighted by atomic mass is 32.3. The number of primary sulfonamides is 1. The van der Waals surface area contributed by atoms with Crippen LogP contribution in [0.2, 0.25) is 0 Å². The summed E-state index contributed by atoms with van der Waals surface area (Å²) in [6, 6.07) is 1.39. The summed E-state index contributed by atoms with van der Waals surface area (Å²) in [7, 11) is -3.70. The van der Waals surface area contributed by atoms with Gasteiger partial charge in [-0.1, -0.05) is 13.8 Å². The van der Waals surface area contributed by atoms with Gasteiger partial charge in [-0.15, -0.1) is 23.1 Å². The molecule has 4 nitrogen and oxygen atoms in total. The smallest absolute Gasteiger partial charge is 0.247 e. The molecule has 88 valence electrons. The topological polar surface area (TPSA) is 77.2 Å². The molecule has 0 atom stereocenters.